The summed E-state index contributed by atoms with van der Waals surface area (Å²) in [6.07, 6.45) is 3.68. The summed E-state index contributed by atoms with van der Waals surface area (Å²) in [5.74, 6) is 0.664. The van der Waals surface area contributed by atoms with Crippen LogP contribution < -0.4 is 18.1 Å². The number of rotatable bonds is 1. The summed E-state index contributed by atoms with van der Waals surface area (Å²) in [5.41, 5.74) is 7.06. The molecule has 17 heavy (non-hydrogen) atoms. The Bertz CT molecular complexity index is 473. The summed E-state index contributed by atoms with van der Waals surface area (Å²) in [5, 5.41) is 8.23. The Hall–Kier alpha value is -1.72. The first kappa shape index (κ1) is 13.3. The van der Waals surface area contributed by atoms with Crippen LogP contribution in [0.2, 0.25) is 0 Å². The van der Waals surface area contributed by atoms with Crippen molar-refractivity contribution in [3.63, 3.8) is 0 Å². The second kappa shape index (κ2) is 5.07. The average molecular weight is 252 g/mol. The van der Waals surface area contributed by atoms with Gasteiger partial charge in [0, 0.05) is 5.69 Å². The number of quaternary nitrogens is 1. The number of halogens is 1. The van der Waals surface area contributed by atoms with Crippen LogP contribution in [-0.4, -0.2) is 24.5 Å². The van der Waals surface area contributed by atoms with Gasteiger partial charge in [-0.1, -0.05) is 5.11 Å². The molecule has 0 atom stereocenters. The topological polar surface area (TPSA) is 63.1 Å². The maximum absolute atomic E-state index is 5.58. The molecule has 1 aliphatic rings. The lowest BCUT2D eigenvalue weighted by Gasteiger charge is -2.16. The fourth-order valence-corrected chi connectivity index (χ4v) is 1.27. The van der Waals surface area contributed by atoms with Crippen molar-refractivity contribution in [2.45, 2.75) is 0 Å². The van der Waals surface area contributed by atoms with Crippen LogP contribution >= 0.6 is 0 Å². The predicted octanol–water partition coefficient (Wildman–Crippen LogP) is -0.726. The summed E-state index contributed by atoms with van der Waals surface area (Å²) in [7, 11) is 3.98. The van der Waals surface area contributed by atoms with E-state index in [-0.39, 0.29) is 12.4 Å². The third-order valence-electron chi connectivity index (χ3n) is 2.29. The molecule has 1 aromatic rings. The Morgan fingerprint density at radius 3 is 2.29 bits per heavy atom. The van der Waals surface area contributed by atoms with Crippen molar-refractivity contribution in [3.05, 3.63) is 36.7 Å². The Balaban J connectivity index is 0.00000144. The molecule has 0 aliphatic carbocycles. The molecule has 0 saturated heterocycles. The van der Waals surface area contributed by atoms with Crippen LogP contribution in [-0.2, 0) is 0 Å². The maximum Gasteiger partial charge on any atom is 0.352 e. The Labute approximate surface area is 106 Å². The normalized spacial score (nSPS) is 16.9. The molecule has 1 aromatic carbocycles. The van der Waals surface area contributed by atoms with E-state index in [0.29, 0.717) is 10.4 Å². The minimum atomic E-state index is 0. The first-order chi connectivity index (χ1) is 7.58. The van der Waals surface area contributed by atoms with Gasteiger partial charge < -0.3 is 18.1 Å². The van der Waals surface area contributed by atoms with Gasteiger partial charge >= 0.3 is 5.96 Å². The predicted molar refractivity (Wildman–Crippen MR) is 64.1 cm³/mol. The van der Waals surface area contributed by atoms with Crippen molar-refractivity contribution in [1.82, 2.24) is 0 Å². The average Bonchev–Trinajstić information content (AvgIpc) is 2.57. The van der Waals surface area contributed by atoms with Crippen LogP contribution in [0.3, 0.4) is 0 Å². The van der Waals surface area contributed by atoms with Gasteiger partial charge in [0.1, 0.15) is 6.20 Å². The standard InChI is InChI=1S/C11H14N5.ClH/c1-16(2)8-7-13-11(16)15-14-10-5-3-9(12)4-6-10;/h3-8H,12H2,1-2H3;1H/q+1;/p-1. The lowest BCUT2D eigenvalue weighted by atomic mass is 10.3. The SMILES string of the molecule is C[N+]1(C)C=CN=C1N=Nc1ccc(N)cc1.[Cl-]. The molecular weight excluding hydrogens is 238 g/mol. The van der Waals surface area contributed by atoms with Gasteiger partial charge in [-0.05, 0) is 24.3 Å². The molecule has 0 bridgehead atoms. The second-order valence-electron chi connectivity index (χ2n) is 4.06. The molecule has 2 rings (SSSR count). The van der Waals surface area contributed by atoms with Crippen LogP contribution in [0, 0.1) is 0 Å². The number of benzene rings is 1. The highest BCUT2D eigenvalue weighted by Gasteiger charge is 2.25. The van der Waals surface area contributed by atoms with Gasteiger partial charge in [-0.2, -0.15) is 4.99 Å². The molecule has 90 valence electrons. The van der Waals surface area contributed by atoms with E-state index in [0.717, 1.165) is 11.4 Å². The minimum Gasteiger partial charge on any atom is -1.00 e. The molecule has 1 heterocycles. The van der Waals surface area contributed by atoms with Gasteiger partial charge in [0.2, 0.25) is 0 Å². The zero-order valence-electron chi connectivity index (χ0n) is 9.71. The van der Waals surface area contributed by atoms with Gasteiger partial charge in [-0.25, -0.2) is 4.48 Å². The van der Waals surface area contributed by atoms with Crippen molar-refractivity contribution in [2.24, 2.45) is 15.2 Å². The highest BCUT2D eigenvalue weighted by atomic mass is 35.5. The first-order valence-electron chi connectivity index (χ1n) is 4.95. The summed E-state index contributed by atoms with van der Waals surface area (Å²) in [6.45, 7) is 0. The summed E-state index contributed by atoms with van der Waals surface area (Å²) in [6, 6.07) is 7.23. The molecule has 1 aliphatic heterocycles. The quantitative estimate of drug-likeness (QED) is 0.399. The summed E-state index contributed by atoms with van der Waals surface area (Å²) < 4.78 is 0.512. The zero-order chi connectivity index (χ0) is 11.6. The number of anilines is 1. The summed E-state index contributed by atoms with van der Waals surface area (Å²) in [4.78, 5) is 4.14. The van der Waals surface area contributed by atoms with Crippen molar-refractivity contribution in [1.29, 1.82) is 0 Å². The number of nitrogens with zero attached hydrogens (tertiary/aromatic N) is 4. The molecule has 0 saturated carbocycles. The van der Waals surface area contributed by atoms with Crippen molar-refractivity contribution >= 4 is 17.3 Å². The third kappa shape index (κ3) is 3.12. The van der Waals surface area contributed by atoms with E-state index in [1.165, 1.54) is 0 Å². The molecule has 5 nitrogen and oxygen atoms in total. The molecule has 0 unspecified atom stereocenters. The zero-order valence-corrected chi connectivity index (χ0v) is 10.5. The fourth-order valence-electron chi connectivity index (χ4n) is 1.27. The van der Waals surface area contributed by atoms with Gasteiger partial charge in [0.15, 0.2) is 0 Å². The van der Waals surface area contributed by atoms with E-state index >= 15 is 0 Å². The van der Waals surface area contributed by atoms with Gasteiger partial charge in [-0.3, -0.25) is 0 Å². The monoisotopic (exact) mass is 251 g/mol. The highest BCUT2D eigenvalue weighted by Crippen LogP contribution is 2.17. The number of azo groups is 1. The van der Waals surface area contributed by atoms with Gasteiger partial charge in [0.05, 0.1) is 26.0 Å². The van der Waals surface area contributed by atoms with Gasteiger partial charge in [0.25, 0.3) is 0 Å². The van der Waals surface area contributed by atoms with Crippen LogP contribution in [0.15, 0.2) is 51.9 Å². The maximum atomic E-state index is 5.58. The van der Waals surface area contributed by atoms with Crippen molar-refractivity contribution < 1.29 is 16.9 Å². The number of guanidine groups is 1. The Morgan fingerprint density at radius 2 is 1.76 bits per heavy atom. The Morgan fingerprint density at radius 1 is 1.12 bits per heavy atom. The number of hydrogen-bond donors (Lipinski definition) is 1. The van der Waals surface area contributed by atoms with Crippen molar-refractivity contribution in [3.8, 4) is 0 Å². The lowest BCUT2D eigenvalue weighted by Crippen LogP contribution is -3.00. The van der Waals surface area contributed by atoms with Crippen molar-refractivity contribution in [2.75, 3.05) is 19.8 Å². The van der Waals surface area contributed by atoms with E-state index in [4.69, 9.17) is 5.73 Å². The molecule has 0 fully saturated rings. The molecule has 6 heteroatoms. The molecule has 0 amide bonds. The van der Waals surface area contributed by atoms with E-state index in [1.54, 1.807) is 18.3 Å². The van der Waals surface area contributed by atoms with E-state index in [9.17, 15) is 0 Å². The molecule has 0 aromatic heterocycles. The van der Waals surface area contributed by atoms with E-state index in [2.05, 4.69) is 15.2 Å². The molecule has 0 spiro atoms. The van der Waals surface area contributed by atoms with Crippen LogP contribution in [0.5, 0.6) is 0 Å². The van der Waals surface area contributed by atoms with Crippen LogP contribution in [0.4, 0.5) is 11.4 Å². The summed E-state index contributed by atoms with van der Waals surface area (Å²) >= 11 is 0. The number of hydrogen-bond acceptors (Lipinski definition) is 4. The largest absolute Gasteiger partial charge is 1.00 e. The molecular formula is C11H14ClN5. The van der Waals surface area contributed by atoms with Crippen LogP contribution in [0.1, 0.15) is 0 Å². The molecule has 0 radical (unpaired) electrons. The fraction of sp³-hybridized carbons (Fsp3) is 0.182. The highest BCUT2D eigenvalue weighted by molar-refractivity contribution is 5.76. The lowest BCUT2D eigenvalue weighted by molar-refractivity contribution is -0.741. The number of aliphatic imine (C=N–C) groups is 1. The Kier molecular flexibility index (Phi) is 3.98. The third-order valence-corrected chi connectivity index (χ3v) is 2.29. The first-order valence-corrected chi connectivity index (χ1v) is 4.95. The minimum absolute atomic E-state index is 0. The second-order valence-corrected chi connectivity index (χ2v) is 4.06. The van der Waals surface area contributed by atoms with Gasteiger partial charge in [-0.15, -0.1) is 5.11 Å². The number of nitrogens with two attached hydrogens (primary N) is 1. The van der Waals surface area contributed by atoms with Crippen LogP contribution in [0.25, 0.3) is 0 Å². The number of nitrogen functional groups attached to an aromatic ring is 1. The molecule has 2 N–H and O–H groups in total. The van der Waals surface area contributed by atoms with E-state index in [1.807, 2.05) is 32.4 Å². The van der Waals surface area contributed by atoms with E-state index < -0.39 is 0 Å². The smallest absolute Gasteiger partial charge is 0.352 e.